The fraction of sp³-hybridized carbons (Fsp3) is 0.519. The molecule has 2 saturated heterocycles. The van der Waals surface area contributed by atoms with E-state index in [-0.39, 0.29) is 23.3 Å². The molecule has 2 amide bonds. The normalized spacial score (nSPS) is 21.6. The molecule has 0 N–H and O–H groups in total. The number of carbonyl (C=O) groups excluding carboxylic acids is 2. The number of hydrogen-bond donors (Lipinski definition) is 0. The first-order chi connectivity index (χ1) is 16.4. The van der Waals surface area contributed by atoms with Crippen LogP contribution in [0.25, 0.3) is 0 Å². The number of rotatable bonds is 5. The van der Waals surface area contributed by atoms with Crippen molar-refractivity contribution in [1.82, 2.24) is 14.8 Å². The van der Waals surface area contributed by atoms with Crippen LogP contribution in [0, 0.1) is 11.3 Å². The van der Waals surface area contributed by atoms with Crippen LogP contribution >= 0.6 is 0 Å². The fourth-order valence-electron chi connectivity index (χ4n) is 5.45. The largest absolute Gasteiger partial charge is 0.491 e. The molecule has 2 aromatic rings. The SMILES string of the molecule is CC(C)Oc1ccc(C(=O)N2CCC3(CC2)CC3C(=O)N2CCN(c3ccccn3)CC2)cc1. The molecule has 1 saturated carbocycles. The Morgan fingerprint density at radius 3 is 2.26 bits per heavy atom. The van der Waals surface area contributed by atoms with E-state index in [1.54, 1.807) is 0 Å². The van der Waals surface area contributed by atoms with Crippen LogP contribution in [-0.4, -0.2) is 72.0 Å². The highest BCUT2D eigenvalue weighted by molar-refractivity contribution is 5.94. The molecule has 1 aromatic carbocycles. The van der Waals surface area contributed by atoms with Crippen LogP contribution in [0.3, 0.4) is 0 Å². The maximum Gasteiger partial charge on any atom is 0.253 e. The second-order valence-corrected chi connectivity index (χ2v) is 10.1. The molecule has 1 atom stereocenters. The highest BCUT2D eigenvalue weighted by atomic mass is 16.5. The van der Waals surface area contributed by atoms with E-state index in [0.29, 0.717) is 11.5 Å². The van der Waals surface area contributed by atoms with Gasteiger partial charge < -0.3 is 19.4 Å². The molecule has 1 unspecified atom stereocenters. The molecule has 34 heavy (non-hydrogen) atoms. The summed E-state index contributed by atoms with van der Waals surface area (Å²) in [6.07, 6.45) is 4.72. The van der Waals surface area contributed by atoms with Crippen molar-refractivity contribution in [1.29, 1.82) is 0 Å². The van der Waals surface area contributed by atoms with Crippen LogP contribution in [0.2, 0.25) is 0 Å². The van der Waals surface area contributed by atoms with Crippen LogP contribution in [0.1, 0.15) is 43.5 Å². The molecule has 7 heteroatoms. The first-order valence-electron chi connectivity index (χ1n) is 12.5. The molecule has 2 aliphatic heterocycles. The zero-order valence-corrected chi connectivity index (χ0v) is 20.2. The molecule has 1 spiro atoms. The Morgan fingerprint density at radius 2 is 1.65 bits per heavy atom. The van der Waals surface area contributed by atoms with Crippen LogP contribution < -0.4 is 9.64 Å². The highest BCUT2D eigenvalue weighted by Gasteiger charge is 2.59. The third-order valence-corrected chi connectivity index (χ3v) is 7.57. The summed E-state index contributed by atoms with van der Waals surface area (Å²) in [7, 11) is 0. The van der Waals surface area contributed by atoms with Gasteiger partial charge in [-0.3, -0.25) is 9.59 Å². The number of nitrogens with zero attached hydrogens (tertiary/aromatic N) is 4. The number of ether oxygens (including phenoxy) is 1. The van der Waals surface area contributed by atoms with E-state index >= 15 is 0 Å². The number of benzene rings is 1. The van der Waals surface area contributed by atoms with E-state index in [0.717, 1.165) is 70.1 Å². The standard InChI is InChI=1S/C27H34N4O3/c1-20(2)34-22-8-6-21(7-9-22)25(32)30-13-10-27(11-14-30)19-23(27)26(33)31-17-15-29(16-18-31)24-5-3-4-12-28-24/h3-9,12,20,23H,10-11,13-19H2,1-2H3. The number of amides is 2. The van der Waals surface area contributed by atoms with Gasteiger partial charge in [-0.15, -0.1) is 0 Å². The molecule has 3 heterocycles. The number of likely N-dealkylation sites (tertiary alicyclic amines) is 1. The monoisotopic (exact) mass is 462 g/mol. The minimum Gasteiger partial charge on any atom is -0.491 e. The van der Waals surface area contributed by atoms with Gasteiger partial charge in [0.25, 0.3) is 5.91 Å². The third-order valence-electron chi connectivity index (χ3n) is 7.57. The van der Waals surface area contributed by atoms with Crippen LogP contribution in [-0.2, 0) is 4.79 Å². The Bertz CT molecular complexity index is 1010. The van der Waals surface area contributed by atoms with E-state index in [9.17, 15) is 9.59 Å². The van der Waals surface area contributed by atoms with Gasteiger partial charge in [-0.1, -0.05) is 6.07 Å². The second kappa shape index (κ2) is 9.28. The minimum atomic E-state index is 0.0696. The van der Waals surface area contributed by atoms with Gasteiger partial charge in [0.15, 0.2) is 0 Å². The lowest BCUT2D eigenvalue weighted by Crippen LogP contribution is -2.50. The first-order valence-corrected chi connectivity index (χ1v) is 12.5. The zero-order valence-electron chi connectivity index (χ0n) is 20.2. The molecular formula is C27H34N4O3. The summed E-state index contributed by atoms with van der Waals surface area (Å²) in [6, 6.07) is 13.4. The number of carbonyl (C=O) groups is 2. The number of pyridine rings is 1. The molecule has 7 nitrogen and oxygen atoms in total. The minimum absolute atomic E-state index is 0.0696. The summed E-state index contributed by atoms with van der Waals surface area (Å²) in [4.78, 5) is 36.9. The van der Waals surface area contributed by atoms with Crippen LogP contribution in [0.15, 0.2) is 48.7 Å². The topological polar surface area (TPSA) is 66.0 Å². The van der Waals surface area contributed by atoms with Crippen LogP contribution in [0.5, 0.6) is 5.75 Å². The Hall–Kier alpha value is -3.09. The van der Waals surface area contributed by atoms with Gasteiger partial charge in [0.1, 0.15) is 11.6 Å². The van der Waals surface area contributed by atoms with Gasteiger partial charge in [-0.25, -0.2) is 4.98 Å². The van der Waals surface area contributed by atoms with Gasteiger partial charge >= 0.3 is 0 Å². The van der Waals surface area contributed by atoms with E-state index in [2.05, 4.69) is 9.88 Å². The lowest BCUT2D eigenvalue weighted by atomic mass is 9.90. The van der Waals surface area contributed by atoms with Crippen molar-refractivity contribution in [2.45, 2.75) is 39.2 Å². The molecule has 5 rings (SSSR count). The fourth-order valence-corrected chi connectivity index (χ4v) is 5.45. The molecule has 0 bridgehead atoms. The van der Waals surface area contributed by atoms with E-state index in [1.165, 1.54) is 0 Å². The molecule has 1 aliphatic carbocycles. The van der Waals surface area contributed by atoms with E-state index in [4.69, 9.17) is 4.74 Å². The lowest BCUT2D eigenvalue weighted by Gasteiger charge is -2.37. The zero-order chi connectivity index (χ0) is 23.7. The Balaban J connectivity index is 1.11. The van der Waals surface area contributed by atoms with Gasteiger partial charge in [0.2, 0.25) is 5.91 Å². The molecule has 3 fully saturated rings. The van der Waals surface area contributed by atoms with Gasteiger partial charge in [-0.2, -0.15) is 0 Å². The summed E-state index contributed by atoms with van der Waals surface area (Å²) in [5.41, 5.74) is 0.794. The first kappa shape index (κ1) is 22.7. The highest BCUT2D eigenvalue weighted by Crippen LogP contribution is 2.60. The predicted octanol–water partition coefficient (Wildman–Crippen LogP) is 3.46. The summed E-state index contributed by atoms with van der Waals surface area (Å²) >= 11 is 0. The van der Waals surface area contributed by atoms with Gasteiger partial charge in [0.05, 0.1) is 6.10 Å². The summed E-state index contributed by atoms with van der Waals surface area (Å²) < 4.78 is 5.68. The number of hydrogen-bond acceptors (Lipinski definition) is 5. The molecule has 3 aliphatic rings. The van der Waals surface area contributed by atoms with Crippen molar-refractivity contribution in [2.24, 2.45) is 11.3 Å². The van der Waals surface area contributed by atoms with Gasteiger partial charge in [0, 0.05) is 56.9 Å². The van der Waals surface area contributed by atoms with Crippen molar-refractivity contribution >= 4 is 17.6 Å². The van der Waals surface area contributed by atoms with Gasteiger partial charge in [-0.05, 0) is 74.9 Å². The summed E-state index contributed by atoms with van der Waals surface area (Å²) in [5, 5.41) is 0. The quantitative estimate of drug-likeness (QED) is 0.681. The Morgan fingerprint density at radius 1 is 0.941 bits per heavy atom. The average molecular weight is 463 g/mol. The number of anilines is 1. The average Bonchev–Trinajstić information content (AvgIpc) is 3.57. The van der Waals surface area contributed by atoms with Crippen molar-refractivity contribution in [3.05, 3.63) is 54.2 Å². The summed E-state index contributed by atoms with van der Waals surface area (Å²) in [6.45, 7) is 8.58. The van der Waals surface area contributed by atoms with Crippen molar-refractivity contribution in [3.8, 4) is 5.75 Å². The smallest absolute Gasteiger partial charge is 0.253 e. The number of piperidine rings is 1. The van der Waals surface area contributed by atoms with Crippen molar-refractivity contribution < 1.29 is 14.3 Å². The molecule has 1 aromatic heterocycles. The summed E-state index contributed by atoms with van der Waals surface area (Å²) in [5.74, 6) is 2.26. The number of aromatic nitrogens is 1. The predicted molar refractivity (Wildman–Crippen MR) is 131 cm³/mol. The Labute approximate surface area is 201 Å². The maximum atomic E-state index is 13.2. The van der Waals surface area contributed by atoms with Crippen LogP contribution in [0.4, 0.5) is 5.82 Å². The van der Waals surface area contributed by atoms with Crippen molar-refractivity contribution in [3.63, 3.8) is 0 Å². The third kappa shape index (κ3) is 4.61. The molecule has 180 valence electrons. The molecule has 0 radical (unpaired) electrons. The number of piperazine rings is 1. The van der Waals surface area contributed by atoms with E-state index < -0.39 is 0 Å². The maximum absolute atomic E-state index is 13.2. The lowest BCUT2D eigenvalue weighted by molar-refractivity contribution is -0.134. The Kier molecular flexibility index (Phi) is 6.19. The second-order valence-electron chi connectivity index (χ2n) is 10.1. The molecular weight excluding hydrogens is 428 g/mol. The van der Waals surface area contributed by atoms with E-state index in [1.807, 2.05) is 72.3 Å². The van der Waals surface area contributed by atoms with Crippen molar-refractivity contribution in [2.75, 3.05) is 44.2 Å².